The SMILES string of the molecule is CC(=O)N1CCC=CCC1. The molecular weight excluding hydrogens is 126 g/mol. The molecule has 0 aromatic rings. The molecule has 1 aliphatic heterocycles. The monoisotopic (exact) mass is 139 g/mol. The smallest absolute Gasteiger partial charge is 0.219 e. The van der Waals surface area contributed by atoms with Gasteiger partial charge in [0, 0.05) is 20.0 Å². The molecule has 0 aromatic heterocycles. The molecule has 0 fully saturated rings. The summed E-state index contributed by atoms with van der Waals surface area (Å²) in [4.78, 5) is 12.7. The van der Waals surface area contributed by atoms with Crippen molar-refractivity contribution in [1.29, 1.82) is 0 Å². The van der Waals surface area contributed by atoms with Gasteiger partial charge in [0.1, 0.15) is 0 Å². The standard InChI is InChI=1S/C8H13NO/c1-8(10)9-6-4-2-3-5-7-9/h2-3H,4-7H2,1H3. The van der Waals surface area contributed by atoms with Gasteiger partial charge in [-0.3, -0.25) is 4.79 Å². The van der Waals surface area contributed by atoms with E-state index in [9.17, 15) is 4.79 Å². The van der Waals surface area contributed by atoms with Gasteiger partial charge in [-0.1, -0.05) is 12.2 Å². The van der Waals surface area contributed by atoms with E-state index in [4.69, 9.17) is 0 Å². The maximum absolute atomic E-state index is 10.8. The Hall–Kier alpha value is -0.790. The number of amides is 1. The summed E-state index contributed by atoms with van der Waals surface area (Å²) in [5.74, 6) is 0.198. The minimum atomic E-state index is 0.198. The Bertz CT molecular complexity index is 141. The fourth-order valence-electron chi connectivity index (χ4n) is 1.12. The molecular formula is C8H13NO. The summed E-state index contributed by atoms with van der Waals surface area (Å²) in [6.45, 7) is 3.42. The van der Waals surface area contributed by atoms with E-state index in [1.807, 2.05) is 4.90 Å². The normalized spacial score (nSPS) is 18.7. The number of rotatable bonds is 0. The predicted molar refractivity (Wildman–Crippen MR) is 40.6 cm³/mol. The number of carbonyl (C=O) groups is 1. The van der Waals surface area contributed by atoms with Crippen LogP contribution < -0.4 is 0 Å². The minimum absolute atomic E-state index is 0.198. The van der Waals surface area contributed by atoms with Gasteiger partial charge in [-0.15, -0.1) is 0 Å². The van der Waals surface area contributed by atoms with Crippen LogP contribution in [0, 0.1) is 0 Å². The number of hydrogen-bond donors (Lipinski definition) is 0. The van der Waals surface area contributed by atoms with E-state index in [0.29, 0.717) is 0 Å². The Morgan fingerprint density at radius 3 is 2.20 bits per heavy atom. The van der Waals surface area contributed by atoms with Gasteiger partial charge in [-0.05, 0) is 12.8 Å². The Balaban J connectivity index is 2.41. The highest BCUT2D eigenvalue weighted by molar-refractivity contribution is 5.73. The molecule has 1 heterocycles. The van der Waals surface area contributed by atoms with Crippen molar-refractivity contribution >= 4 is 5.91 Å². The zero-order valence-electron chi connectivity index (χ0n) is 6.34. The van der Waals surface area contributed by atoms with Gasteiger partial charge in [0.15, 0.2) is 0 Å². The number of carbonyl (C=O) groups excluding carboxylic acids is 1. The maximum atomic E-state index is 10.8. The van der Waals surface area contributed by atoms with Crippen LogP contribution in [0.2, 0.25) is 0 Å². The second-order valence-corrected chi connectivity index (χ2v) is 2.55. The molecule has 2 nitrogen and oxygen atoms in total. The van der Waals surface area contributed by atoms with E-state index in [-0.39, 0.29) is 5.91 Å². The van der Waals surface area contributed by atoms with Crippen molar-refractivity contribution in [2.75, 3.05) is 13.1 Å². The van der Waals surface area contributed by atoms with Crippen LogP contribution in [0.3, 0.4) is 0 Å². The van der Waals surface area contributed by atoms with Crippen LogP contribution in [-0.2, 0) is 4.79 Å². The molecule has 0 N–H and O–H groups in total. The molecule has 1 rings (SSSR count). The third kappa shape index (κ3) is 1.87. The van der Waals surface area contributed by atoms with Crippen molar-refractivity contribution in [2.24, 2.45) is 0 Å². The number of nitrogens with zero attached hydrogens (tertiary/aromatic N) is 1. The summed E-state index contributed by atoms with van der Waals surface area (Å²) in [6.07, 6.45) is 6.31. The van der Waals surface area contributed by atoms with Crippen molar-refractivity contribution in [3.63, 3.8) is 0 Å². The molecule has 0 aromatic carbocycles. The maximum Gasteiger partial charge on any atom is 0.219 e. The summed E-state index contributed by atoms with van der Waals surface area (Å²) in [5, 5.41) is 0. The first kappa shape index (κ1) is 7.32. The molecule has 1 aliphatic rings. The minimum Gasteiger partial charge on any atom is -0.342 e. The van der Waals surface area contributed by atoms with Crippen molar-refractivity contribution in [3.05, 3.63) is 12.2 Å². The van der Waals surface area contributed by atoms with Crippen LogP contribution in [0.4, 0.5) is 0 Å². The van der Waals surface area contributed by atoms with Crippen LogP contribution >= 0.6 is 0 Å². The topological polar surface area (TPSA) is 20.3 Å². The predicted octanol–water partition coefficient (Wildman–Crippen LogP) is 1.18. The van der Waals surface area contributed by atoms with E-state index in [1.54, 1.807) is 6.92 Å². The van der Waals surface area contributed by atoms with E-state index < -0.39 is 0 Å². The lowest BCUT2D eigenvalue weighted by molar-refractivity contribution is -0.128. The average Bonchev–Trinajstić information content (AvgIpc) is 2.12. The second kappa shape index (κ2) is 3.40. The Morgan fingerprint density at radius 1 is 1.30 bits per heavy atom. The molecule has 10 heavy (non-hydrogen) atoms. The van der Waals surface area contributed by atoms with Gasteiger partial charge in [0.05, 0.1) is 0 Å². The molecule has 0 saturated heterocycles. The molecule has 56 valence electrons. The lowest BCUT2D eigenvalue weighted by Crippen LogP contribution is -2.29. The van der Waals surface area contributed by atoms with Crippen molar-refractivity contribution in [1.82, 2.24) is 4.90 Å². The Labute approximate surface area is 61.5 Å². The van der Waals surface area contributed by atoms with Crippen LogP contribution in [0.25, 0.3) is 0 Å². The van der Waals surface area contributed by atoms with Gasteiger partial charge in [0.2, 0.25) is 5.91 Å². The van der Waals surface area contributed by atoms with Crippen molar-refractivity contribution < 1.29 is 4.79 Å². The summed E-state index contributed by atoms with van der Waals surface area (Å²) in [7, 11) is 0. The third-order valence-electron chi connectivity index (χ3n) is 1.74. The fourth-order valence-corrected chi connectivity index (χ4v) is 1.12. The van der Waals surface area contributed by atoms with Gasteiger partial charge in [-0.25, -0.2) is 0 Å². The molecule has 0 unspecified atom stereocenters. The second-order valence-electron chi connectivity index (χ2n) is 2.55. The molecule has 0 atom stereocenters. The molecule has 1 amide bonds. The van der Waals surface area contributed by atoms with E-state index >= 15 is 0 Å². The zero-order valence-corrected chi connectivity index (χ0v) is 6.34. The van der Waals surface area contributed by atoms with Crippen LogP contribution in [0.1, 0.15) is 19.8 Å². The quantitative estimate of drug-likeness (QED) is 0.461. The summed E-state index contributed by atoms with van der Waals surface area (Å²) >= 11 is 0. The van der Waals surface area contributed by atoms with Crippen LogP contribution in [-0.4, -0.2) is 23.9 Å². The van der Waals surface area contributed by atoms with E-state index in [2.05, 4.69) is 12.2 Å². The highest BCUT2D eigenvalue weighted by Crippen LogP contribution is 2.01. The van der Waals surface area contributed by atoms with Crippen LogP contribution in [0.5, 0.6) is 0 Å². The molecule has 0 saturated carbocycles. The highest BCUT2D eigenvalue weighted by Gasteiger charge is 2.07. The molecule has 0 aliphatic carbocycles. The largest absolute Gasteiger partial charge is 0.342 e. The van der Waals surface area contributed by atoms with Crippen molar-refractivity contribution in [3.8, 4) is 0 Å². The molecule has 0 radical (unpaired) electrons. The fraction of sp³-hybridized carbons (Fsp3) is 0.625. The molecule has 2 heteroatoms. The first-order valence-electron chi connectivity index (χ1n) is 3.71. The lowest BCUT2D eigenvalue weighted by atomic mass is 10.4. The highest BCUT2D eigenvalue weighted by atomic mass is 16.2. The first-order valence-corrected chi connectivity index (χ1v) is 3.71. The summed E-state index contributed by atoms with van der Waals surface area (Å²) in [6, 6.07) is 0. The van der Waals surface area contributed by atoms with Gasteiger partial charge >= 0.3 is 0 Å². The Morgan fingerprint density at radius 2 is 1.80 bits per heavy atom. The third-order valence-corrected chi connectivity index (χ3v) is 1.74. The molecule has 0 spiro atoms. The molecule has 0 bridgehead atoms. The van der Waals surface area contributed by atoms with Crippen molar-refractivity contribution in [2.45, 2.75) is 19.8 Å². The van der Waals surface area contributed by atoms with E-state index in [1.165, 1.54) is 0 Å². The first-order chi connectivity index (χ1) is 4.80. The van der Waals surface area contributed by atoms with Crippen LogP contribution in [0.15, 0.2) is 12.2 Å². The van der Waals surface area contributed by atoms with Gasteiger partial charge in [0.25, 0.3) is 0 Å². The van der Waals surface area contributed by atoms with E-state index in [0.717, 1.165) is 25.9 Å². The zero-order chi connectivity index (χ0) is 7.40. The van der Waals surface area contributed by atoms with Gasteiger partial charge in [-0.2, -0.15) is 0 Å². The summed E-state index contributed by atoms with van der Waals surface area (Å²) < 4.78 is 0. The average molecular weight is 139 g/mol. The van der Waals surface area contributed by atoms with Gasteiger partial charge < -0.3 is 4.90 Å². The summed E-state index contributed by atoms with van der Waals surface area (Å²) in [5.41, 5.74) is 0. The number of hydrogen-bond acceptors (Lipinski definition) is 1. The Kier molecular flexibility index (Phi) is 2.49. The lowest BCUT2D eigenvalue weighted by Gasteiger charge is -2.17.